The average Bonchev–Trinajstić information content (AvgIpc) is 2.59. The molecule has 0 saturated heterocycles. The molecule has 4 nitrogen and oxygen atoms in total. The molecule has 0 fully saturated rings. The summed E-state index contributed by atoms with van der Waals surface area (Å²) in [5, 5.41) is 12.4. The summed E-state index contributed by atoms with van der Waals surface area (Å²) in [5.74, 6) is -0.822. The second-order valence-electron chi connectivity index (χ2n) is 5.98. The van der Waals surface area contributed by atoms with Gasteiger partial charge in [-0.3, -0.25) is 4.79 Å². The minimum absolute atomic E-state index is 0. The van der Waals surface area contributed by atoms with Gasteiger partial charge in [-0.15, -0.1) is 12.4 Å². The lowest BCUT2D eigenvalue weighted by atomic mass is 9.90. The number of nitrogens with one attached hydrogen (secondary N) is 1. The molecule has 2 atom stereocenters. The normalized spacial score (nSPS) is 15.9. The summed E-state index contributed by atoms with van der Waals surface area (Å²) in [5.41, 5.74) is 1.32. The van der Waals surface area contributed by atoms with Crippen LogP contribution in [0, 0.1) is 0 Å². The molecule has 2 aromatic rings. The van der Waals surface area contributed by atoms with Gasteiger partial charge in [0, 0.05) is 0 Å². The fraction of sp³-hybridized carbons (Fsp3) is 0.278. The minimum atomic E-state index is -4.97. The highest BCUT2D eigenvalue weighted by atomic mass is 35.5. The zero-order valence-corrected chi connectivity index (χ0v) is 14.8. The molecule has 1 amide bonds. The number of aliphatic hydroxyl groups is 1. The Balaban J connectivity index is 0.00000338. The van der Waals surface area contributed by atoms with Crippen LogP contribution in [-0.4, -0.2) is 23.7 Å². The third kappa shape index (κ3) is 4.35. The van der Waals surface area contributed by atoms with Crippen LogP contribution < -0.4 is 11.1 Å². The first-order chi connectivity index (χ1) is 11.6. The molecule has 0 bridgehead atoms. The number of carbonyl (C=O) groups is 1. The van der Waals surface area contributed by atoms with Crippen molar-refractivity contribution < 1.29 is 23.1 Å². The maximum Gasteiger partial charge on any atom is 0.423 e. The molecule has 0 radical (unpaired) electrons. The molecule has 0 aromatic heterocycles. The number of alkyl halides is 3. The summed E-state index contributed by atoms with van der Waals surface area (Å²) in [6.07, 6.45) is -4.97. The number of hydrogen-bond donors (Lipinski definition) is 3. The van der Waals surface area contributed by atoms with Crippen molar-refractivity contribution in [2.75, 3.05) is 6.54 Å². The summed E-state index contributed by atoms with van der Waals surface area (Å²) >= 11 is 0. The number of amides is 1. The molecule has 0 spiro atoms. The third-order valence-electron chi connectivity index (χ3n) is 4.07. The van der Waals surface area contributed by atoms with Crippen molar-refractivity contribution in [2.45, 2.75) is 24.2 Å². The molecule has 142 valence electrons. The molecule has 2 rings (SSSR count). The maximum atomic E-state index is 13.4. The topological polar surface area (TPSA) is 75.4 Å². The zero-order chi connectivity index (χ0) is 18.7. The second-order valence-corrected chi connectivity index (χ2v) is 5.98. The standard InChI is InChI=1S/C18H19F3N2O2.ClH/c1-16(22,13-8-4-2-5-9-13)15(24)23-12-17(25,18(19,20)21)14-10-6-3-7-11-14;/h2-11,25H,12,22H2,1H3,(H,23,24);1H. The number of halogens is 4. The van der Waals surface area contributed by atoms with Gasteiger partial charge >= 0.3 is 6.18 Å². The quantitative estimate of drug-likeness (QED) is 0.737. The monoisotopic (exact) mass is 388 g/mol. The van der Waals surface area contributed by atoms with Gasteiger partial charge in [-0.2, -0.15) is 13.2 Å². The van der Waals surface area contributed by atoms with Crippen LogP contribution in [-0.2, 0) is 15.9 Å². The summed E-state index contributed by atoms with van der Waals surface area (Å²) in [7, 11) is 0. The zero-order valence-electron chi connectivity index (χ0n) is 14.0. The van der Waals surface area contributed by atoms with E-state index < -0.39 is 29.8 Å². The van der Waals surface area contributed by atoms with Crippen LogP contribution in [0.25, 0.3) is 0 Å². The Morgan fingerprint density at radius 3 is 1.85 bits per heavy atom. The molecule has 8 heteroatoms. The predicted octanol–water partition coefficient (Wildman–Crippen LogP) is 2.85. The highest BCUT2D eigenvalue weighted by Crippen LogP contribution is 2.38. The summed E-state index contributed by atoms with van der Waals surface area (Å²) in [6.45, 7) is 0.353. The fourth-order valence-corrected chi connectivity index (χ4v) is 2.39. The molecule has 0 saturated carbocycles. The van der Waals surface area contributed by atoms with Gasteiger partial charge in [-0.1, -0.05) is 60.7 Å². The first-order valence-corrected chi connectivity index (χ1v) is 7.56. The van der Waals surface area contributed by atoms with Crippen LogP contribution in [0.5, 0.6) is 0 Å². The molecule has 0 aliphatic carbocycles. The van der Waals surface area contributed by atoms with Gasteiger partial charge in [-0.05, 0) is 18.1 Å². The van der Waals surface area contributed by atoms with Gasteiger partial charge in [0.2, 0.25) is 11.5 Å². The van der Waals surface area contributed by atoms with Crippen LogP contribution in [0.1, 0.15) is 18.1 Å². The number of benzene rings is 2. The van der Waals surface area contributed by atoms with Crippen molar-refractivity contribution in [1.82, 2.24) is 5.32 Å². The molecule has 0 aliphatic rings. The van der Waals surface area contributed by atoms with Gasteiger partial charge < -0.3 is 16.2 Å². The van der Waals surface area contributed by atoms with Crippen LogP contribution >= 0.6 is 12.4 Å². The van der Waals surface area contributed by atoms with Gasteiger partial charge in [0.15, 0.2) is 0 Å². The fourth-order valence-electron chi connectivity index (χ4n) is 2.39. The first-order valence-electron chi connectivity index (χ1n) is 7.56. The molecule has 0 heterocycles. The number of carbonyl (C=O) groups excluding carboxylic acids is 1. The van der Waals surface area contributed by atoms with E-state index in [-0.39, 0.29) is 18.0 Å². The Morgan fingerprint density at radius 2 is 1.42 bits per heavy atom. The van der Waals surface area contributed by atoms with E-state index in [2.05, 4.69) is 5.32 Å². The lowest BCUT2D eigenvalue weighted by molar-refractivity contribution is -0.264. The Morgan fingerprint density at radius 1 is 1.00 bits per heavy atom. The van der Waals surface area contributed by atoms with Crippen molar-refractivity contribution >= 4 is 18.3 Å². The van der Waals surface area contributed by atoms with Crippen molar-refractivity contribution in [3.05, 3.63) is 71.8 Å². The van der Waals surface area contributed by atoms with Gasteiger partial charge in [0.1, 0.15) is 5.54 Å². The third-order valence-corrected chi connectivity index (χ3v) is 4.07. The molecule has 0 aliphatic heterocycles. The van der Waals surface area contributed by atoms with Crippen LogP contribution in [0.15, 0.2) is 60.7 Å². The van der Waals surface area contributed by atoms with E-state index in [1.54, 1.807) is 30.3 Å². The summed E-state index contributed by atoms with van der Waals surface area (Å²) in [6, 6.07) is 14.9. The smallest absolute Gasteiger partial charge is 0.375 e. The Bertz CT molecular complexity index is 724. The molecular weight excluding hydrogens is 369 g/mol. The Hall–Kier alpha value is -2.09. The highest BCUT2D eigenvalue weighted by Gasteiger charge is 2.55. The molecule has 2 unspecified atom stereocenters. The Labute approximate surface area is 155 Å². The van der Waals surface area contributed by atoms with E-state index in [1.165, 1.54) is 25.1 Å². The van der Waals surface area contributed by atoms with E-state index in [0.29, 0.717) is 5.56 Å². The number of hydrogen-bond acceptors (Lipinski definition) is 3. The van der Waals surface area contributed by atoms with Crippen molar-refractivity contribution in [3.63, 3.8) is 0 Å². The van der Waals surface area contributed by atoms with Crippen LogP contribution in [0.4, 0.5) is 13.2 Å². The van der Waals surface area contributed by atoms with Gasteiger partial charge in [-0.25, -0.2) is 0 Å². The van der Waals surface area contributed by atoms with E-state index in [4.69, 9.17) is 5.73 Å². The van der Waals surface area contributed by atoms with Crippen molar-refractivity contribution in [3.8, 4) is 0 Å². The average molecular weight is 389 g/mol. The predicted molar refractivity (Wildman–Crippen MR) is 94.6 cm³/mol. The SMILES string of the molecule is CC(N)(C(=O)NCC(O)(c1ccccc1)C(F)(F)F)c1ccccc1.Cl. The highest BCUT2D eigenvalue weighted by molar-refractivity contribution is 5.87. The van der Waals surface area contributed by atoms with Crippen LogP contribution in [0.3, 0.4) is 0 Å². The largest absolute Gasteiger partial charge is 0.423 e. The van der Waals surface area contributed by atoms with Crippen molar-refractivity contribution in [1.29, 1.82) is 0 Å². The number of rotatable bonds is 5. The van der Waals surface area contributed by atoms with E-state index >= 15 is 0 Å². The minimum Gasteiger partial charge on any atom is -0.375 e. The molecule has 4 N–H and O–H groups in total. The van der Waals surface area contributed by atoms with Gasteiger partial charge in [0.05, 0.1) is 6.54 Å². The second kappa shape index (κ2) is 8.07. The number of nitrogens with two attached hydrogens (primary N) is 1. The summed E-state index contributed by atoms with van der Waals surface area (Å²) < 4.78 is 40.3. The molecule has 2 aromatic carbocycles. The molecular formula is C18H20ClF3N2O2. The van der Waals surface area contributed by atoms with E-state index in [0.717, 1.165) is 12.1 Å². The lowest BCUT2D eigenvalue weighted by Gasteiger charge is -2.33. The lowest BCUT2D eigenvalue weighted by Crippen LogP contribution is -2.56. The maximum absolute atomic E-state index is 13.4. The summed E-state index contributed by atoms with van der Waals surface area (Å²) in [4.78, 5) is 12.4. The Kier molecular flexibility index (Phi) is 6.82. The van der Waals surface area contributed by atoms with E-state index in [9.17, 15) is 23.1 Å². The van der Waals surface area contributed by atoms with Crippen LogP contribution in [0.2, 0.25) is 0 Å². The van der Waals surface area contributed by atoms with Gasteiger partial charge in [0.25, 0.3) is 0 Å². The van der Waals surface area contributed by atoms with Crippen molar-refractivity contribution in [2.24, 2.45) is 5.73 Å². The first kappa shape index (κ1) is 22.0. The molecule has 26 heavy (non-hydrogen) atoms. The van der Waals surface area contributed by atoms with E-state index in [1.807, 2.05) is 0 Å².